The van der Waals surface area contributed by atoms with Crippen molar-refractivity contribution >= 4 is 23.2 Å². The summed E-state index contributed by atoms with van der Waals surface area (Å²) in [7, 11) is 0. The minimum absolute atomic E-state index is 0.176. The summed E-state index contributed by atoms with van der Waals surface area (Å²) in [6.45, 7) is 8.59. The SMILES string of the molecule is CC(C)COCCNC(C)(CCl)CCl. The molecule has 14 heavy (non-hydrogen) atoms. The summed E-state index contributed by atoms with van der Waals surface area (Å²) in [5.74, 6) is 1.61. The van der Waals surface area contributed by atoms with Gasteiger partial charge in [0.2, 0.25) is 0 Å². The van der Waals surface area contributed by atoms with E-state index in [2.05, 4.69) is 19.2 Å². The normalized spacial score (nSPS) is 12.4. The molecular weight excluding hydrogens is 221 g/mol. The molecule has 0 spiro atoms. The molecule has 0 aromatic rings. The Morgan fingerprint density at radius 1 is 1.29 bits per heavy atom. The number of ether oxygens (including phenoxy) is 1. The molecule has 0 fully saturated rings. The molecule has 0 heterocycles. The highest BCUT2D eigenvalue weighted by molar-refractivity contribution is 6.22. The standard InChI is InChI=1S/C10H21Cl2NO/c1-9(2)6-14-5-4-13-10(3,7-11)8-12/h9,13H,4-8H2,1-3H3. The van der Waals surface area contributed by atoms with Crippen LogP contribution in [0.2, 0.25) is 0 Å². The van der Waals surface area contributed by atoms with Crippen molar-refractivity contribution in [3.05, 3.63) is 0 Å². The van der Waals surface area contributed by atoms with Crippen LogP contribution in [0, 0.1) is 5.92 Å². The van der Waals surface area contributed by atoms with Gasteiger partial charge in [0, 0.05) is 30.5 Å². The number of nitrogens with one attached hydrogen (secondary N) is 1. The second-order valence-corrected chi connectivity index (χ2v) is 4.76. The van der Waals surface area contributed by atoms with Crippen LogP contribution < -0.4 is 5.32 Å². The zero-order valence-corrected chi connectivity index (χ0v) is 10.8. The Labute approximate surface area is 97.3 Å². The van der Waals surface area contributed by atoms with Gasteiger partial charge in [0.1, 0.15) is 0 Å². The number of halogens is 2. The second kappa shape index (κ2) is 7.75. The summed E-state index contributed by atoms with van der Waals surface area (Å²) in [5.41, 5.74) is -0.176. The van der Waals surface area contributed by atoms with E-state index in [4.69, 9.17) is 27.9 Å². The van der Waals surface area contributed by atoms with Crippen LogP contribution in [0.5, 0.6) is 0 Å². The van der Waals surface area contributed by atoms with Crippen molar-refractivity contribution in [2.75, 3.05) is 31.5 Å². The molecular formula is C10H21Cl2NO. The van der Waals surface area contributed by atoms with E-state index in [0.29, 0.717) is 24.3 Å². The van der Waals surface area contributed by atoms with E-state index < -0.39 is 0 Å². The Hall–Kier alpha value is 0.500. The minimum Gasteiger partial charge on any atom is -0.380 e. The molecule has 4 heteroatoms. The highest BCUT2D eigenvalue weighted by atomic mass is 35.5. The van der Waals surface area contributed by atoms with Gasteiger partial charge in [-0.25, -0.2) is 0 Å². The van der Waals surface area contributed by atoms with Crippen molar-refractivity contribution in [3.8, 4) is 0 Å². The van der Waals surface area contributed by atoms with Crippen LogP contribution in [-0.2, 0) is 4.74 Å². The van der Waals surface area contributed by atoms with E-state index in [1.54, 1.807) is 0 Å². The zero-order chi connectivity index (χ0) is 11.0. The third kappa shape index (κ3) is 6.88. The molecule has 0 aliphatic rings. The summed E-state index contributed by atoms with van der Waals surface area (Å²) in [4.78, 5) is 0. The molecule has 0 aliphatic heterocycles. The molecule has 0 aromatic carbocycles. The third-order valence-corrected chi connectivity index (χ3v) is 3.02. The molecule has 86 valence electrons. The number of hydrogen-bond acceptors (Lipinski definition) is 2. The van der Waals surface area contributed by atoms with Gasteiger partial charge >= 0.3 is 0 Å². The summed E-state index contributed by atoms with van der Waals surface area (Å²) in [5, 5.41) is 3.28. The first-order valence-corrected chi connectivity index (χ1v) is 6.05. The van der Waals surface area contributed by atoms with Gasteiger partial charge in [-0.1, -0.05) is 13.8 Å². The highest BCUT2D eigenvalue weighted by Gasteiger charge is 2.20. The Morgan fingerprint density at radius 2 is 1.86 bits per heavy atom. The van der Waals surface area contributed by atoms with Gasteiger partial charge in [0.15, 0.2) is 0 Å². The van der Waals surface area contributed by atoms with Gasteiger partial charge in [0.05, 0.1) is 6.61 Å². The molecule has 2 nitrogen and oxygen atoms in total. The average molecular weight is 242 g/mol. The molecule has 0 bridgehead atoms. The molecule has 0 rings (SSSR count). The summed E-state index contributed by atoms with van der Waals surface area (Å²) in [6.07, 6.45) is 0. The van der Waals surface area contributed by atoms with E-state index in [1.807, 2.05) is 6.92 Å². The van der Waals surface area contributed by atoms with Crippen molar-refractivity contribution in [1.82, 2.24) is 5.32 Å². The lowest BCUT2D eigenvalue weighted by molar-refractivity contribution is 0.108. The van der Waals surface area contributed by atoms with Gasteiger partial charge < -0.3 is 10.1 Å². The molecule has 0 unspecified atom stereocenters. The van der Waals surface area contributed by atoms with Crippen molar-refractivity contribution < 1.29 is 4.74 Å². The smallest absolute Gasteiger partial charge is 0.0591 e. The molecule has 0 saturated heterocycles. The lowest BCUT2D eigenvalue weighted by Crippen LogP contribution is -2.47. The van der Waals surface area contributed by atoms with Crippen molar-refractivity contribution in [1.29, 1.82) is 0 Å². The van der Waals surface area contributed by atoms with E-state index >= 15 is 0 Å². The van der Waals surface area contributed by atoms with Crippen LogP contribution in [-0.4, -0.2) is 37.1 Å². The van der Waals surface area contributed by atoms with Crippen LogP contribution in [0.4, 0.5) is 0 Å². The lowest BCUT2D eigenvalue weighted by atomic mass is 10.1. The Kier molecular flexibility index (Phi) is 8.02. The third-order valence-electron chi connectivity index (χ3n) is 1.84. The second-order valence-electron chi connectivity index (χ2n) is 4.22. The zero-order valence-electron chi connectivity index (χ0n) is 9.28. The largest absolute Gasteiger partial charge is 0.380 e. The Balaban J connectivity index is 3.43. The highest BCUT2D eigenvalue weighted by Crippen LogP contribution is 2.08. The minimum atomic E-state index is -0.176. The molecule has 0 atom stereocenters. The quantitative estimate of drug-likeness (QED) is 0.521. The predicted molar refractivity (Wildman–Crippen MR) is 63.5 cm³/mol. The summed E-state index contributed by atoms with van der Waals surface area (Å²) < 4.78 is 5.43. The van der Waals surface area contributed by atoms with Crippen molar-refractivity contribution in [2.45, 2.75) is 26.3 Å². The fourth-order valence-electron chi connectivity index (χ4n) is 0.874. The molecule has 0 aliphatic carbocycles. The first kappa shape index (κ1) is 14.5. The fourth-order valence-corrected chi connectivity index (χ4v) is 1.35. The first-order chi connectivity index (χ1) is 6.54. The Morgan fingerprint density at radius 3 is 2.29 bits per heavy atom. The molecule has 0 amide bonds. The molecule has 0 aromatic heterocycles. The fraction of sp³-hybridized carbons (Fsp3) is 1.00. The Bertz CT molecular complexity index is 138. The van der Waals surface area contributed by atoms with E-state index in [1.165, 1.54) is 0 Å². The van der Waals surface area contributed by atoms with Gasteiger partial charge in [-0.3, -0.25) is 0 Å². The van der Waals surface area contributed by atoms with Crippen molar-refractivity contribution in [3.63, 3.8) is 0 Å². The molecule has 1 N–H and O–H groups in total. The maximum absolute atomic E-state index is 5.78. The predicted octanol–water partition coefficient (Wildman–Crippen LogP) is 2.48. The van der Waals surface area contributed by atoms with Gasteiger partial charge in [0.25, 0.3) is 0 Å². The van der Waals surface area contributed by atoms with E-state index in [9.17, 15) is 0 Å². The van der Waals surface area contributed by atoms with Gasteiger partial charge in [-0.05, 0) is 12.8 Å². The first-order valence-electron chi connectivity index (χ1n) is 4.99. The average Bonchev–Trinajstić information content (AvgIpc) is 2.16. The van der Waals surface area contributed by atoms with E-state index in [-0.39, 0.29) is 5.54 Å². The molecule has 0 saturated carbocycles. The monoisotopic (exact) mass is 241 g/mol. The number of rotatable bonds is 8. The lowest BCUT2D eigenvalue weighted by Gasteiger charge is -2.25. The maximum Gasteiger partial charge on any atom is 0.0591 e. The van der Waals surface area contributed by atoms with Crippen molar-refractivity contribution in [2.24, 2.45) is 5.92 Å². The van der Waals surface area contributed by atoms with Crippen LogP contribution >= 0.6 is 23.2 Å². The number of hydrogen-bond donors (Lipinski definition) is 1. The maximum atomic E-state index is 5.78. The topological polar surface area (TPSA) is 21.3 Å². The van der Waals surface area contributed by atoms with E-state index in [0.717, 1.165) is 13.2 Å². The van der Waals surface area contributed by atoms with Gasteiger partial charge in [-0.15, -0.1) is 23.2 Å². The molecule has 0 radical (unpaired) electrons. The number of alkyl halides is 2. The van der Waals surface area contributed by atoms with Crippen LogP contribution in [0.25, 0.3) is 0 Å². The van der Waals surface area contributed by atoms with Gasteiger partial charge in [-0.2, -0.15) is 0 Å². The van der Waals surface area contributed by atoms with Crippen LogP contribution in [0.1, 0.15) is 20.8 Å². The summed E-state index contributed by atoms with van der Waals surface area (Å²) in [6, 6.07) is 0. The van der Waals surface area contributed by atoms with Crippen LogP contribution in [0.15, 0.2) is 0 Å². The van der Waals surface area contributed by atoms with Crippen LogP contribution in [0.3, 0.4) is 0 Å². The summed E-state index contributed by atoms with van der Waals surface area (Å²) >= 11 is 11.6.